The molecule has 14 heteroatoms. The molecule has 0 bridgehead atoms. The van der Waals surface area contributed by atoms with E-state index < -0.39 is 39.1 Å². The molecule has 1 rings (SSSR count). The average Bonchev–Trinajstić information content (AvgIpc) is 2.84. The van der Waals surface area contributed by atoms with Crippen molar-refractivity contribution < 1.29 is 65.7 Å². The second-order valence-corrected chi connectivity index (χ2v) is 14.8. The number of rotatable bonds is 1. The Morgan fingerprint density at radius 1 is 0.710 bits per heavy atom. The number of allylic oxidation sites excluding steroid dienone is 4. The van der Waals surface area contributed by atoms with Gasteiger partial charge in [-0.15, -0.1) is 18.1 Å². The van der Waals surface area contributed by atoms with Crippen LogP contribution in [-0.2, 0) is 26.2 Å². The summed E-state index contributed by atoms with van der Waals surface area (Å²) in [5.74, 6) is 0. The summed E-state index contributed by atoms with van der Waals surface area (Å²) in [6, 6.07) is 0.250. The fourth-order valence-corrected chi connectivity index (χ4v) is 7.09. The van der Waals surface area contributed by atoms with E-state index in [4.69, 9.17) is 17.2 Å². The van der Waals surface area contributed by atoms with Crippen LogP contribution in [0.5, 0.6) is 0 Å². The van der Waals surface area contributed by atoms with Crippen molar-refractivity contribution >= 4 is 13.3 Å². The van der Waals surface area contributed by atoms with E-state index in [0.717, 1.165) is 6.08 Å². The first-order valence-corrected chi connectivity index (χ1v) is 12.9. The number of hydrogen-bond donors (Lipinski definition) is 0. The van der Waals surface area contributed by atoms with Gasteiger partial charge in [0.1, 0.15) is 0 Å². The third-order valence-corrected chi connectivity index (χ3v) is 10.1. The zero-order valence-electron chi connectivity index (χ0n) is 18.0. The van der Waals surface area contributed by atoms with Gasteiger partial charge < -0.3 is 17.2 Å². The average molecular weight is 609 g/mol. The van der Waals surface area contributed by atoms with Crippen molar-refractivity contribution in [2.24, 2.45) is 0 Å². The summed E-state index contributed by atoms with van der Waals surface area (Å²) in [4.78, 5) is 0. The molecule has 0 aromatic heterocycles. The summed E-state index contributed by atoms with van der Waals surface area (Å²) >= 11 is -8.40. The predicted molar refractivity (Wildman–Crippen MR) is 103 cm³/mol. The van der Waals surface area contributed by atoms with Gasteiger partial charge in [0.05, 0.1) is 0 Å². The minimum absolute atomic E-state index is 0. The Morgan fingerprint density at radius 3 is 1.06 bits per heavy atom. The van der Waals surface area contributed by atoms with Gasteiger partial charge in [-0.25, -0.2) is 0 Å². The Hall–Kier alpha value is 0.156. The zero-order chi connectivity index (χ0) is 25.1. The minimum atomic E-state index is -8.40. The normalized spacial score (nSPS) is 14.0. The Bertz CT molecular complexity index is 468. The maximum atomic E-state index is 12.6. The predicted octanol–water partition coefficient (Wildman–Crippen LogP) is 8.31. The van der Waals surface area contributed by atoms with Crippen LogP contribution in [0.1, 0.15) is 48.0 Å². The molecule has 0 saturated carbocycles. The first kappa shape index (κ1) is 38.4. The van der Waals surface area contributed by atoms with Gasteiger partial charge in [0.15, 0.2) is 0 Å². The van der Waals surface area contributed by atoms with Gasteiger partial charge in [-0.05, 0) is 0 Å². The van der Waals surface area contributed by atoms with Crippen molar-refractivity contribution in [1.29, 1.82) is 0 Å². The van der Waals surface area contributed by atoms with Crippen molar-refractivity contribution in [1.82, 2.24) is 0 Å². The Labute approximate surface area is 199 Å². The van der Waals surface area contributed by atoms with Gasteiger partial charge in [-0.2, -0.15) is 0 Å². The molecular weight excluding hydrogens is 581 g/mol. The first-order chi connectivity index (χ1) is 13.1. The molecule has 1 aliphatic rings. The molecule has 0 spiro atoms. The molecule has 1 aliphatic carbocycles. The summed E-state index contributed by atoms with van der Waals surface area (Å²) < 4.78 is 111. The fourth-order valence-electron chi connectivity index (χ4n) is 1.60. The smallest absolute Gasteiger partial charge is 4.00 e. The Balaban J connectivity index is -0.000000232. The molecule has 0 radical (unpaired) electrons. The number of halogens is 9. The van der Waals surface area contributed by atoms with Crippen LogP contribution < -0.4 is 0 Å². The van der Waals surface area contributed by atoms with E-state index in [2.05, 4.69) is 0 Å². The van der Waals surface area contributed by atoms with Crippen LogP contribution in [0.25, 0.3) is 17.2 Å². The van der Waals surface area contributed by atoms with Crippen molar-refractivity contribution in [3.8, 4) is 0 Å². The number of alkyl halides is 9. The van der Waals surface area contributed by atoms with Gasteiger partial charge in [0, 0.05) is 0 Å². The molecule has 182 valence electrons. The third-order valence-electron chi connectivity index (χ3n) is 2.37. The molecule has 31 heavy (non-hydrogen) atoms. The summed E-state index contributed by atoms with van der Waals surface area (Å²) in [5.41, 5.74) is 19.8. The van der Waals surface area contributed by atoms with Gasteiger partial charge in [-0.1, -0.05) is 41.5 Å². The van der Waals surface area contributed by atoms with E-state index in [9.17, 15) is 39.5 Å². The summed E-state index contributed by atoms with van der Waals surface area (Å²) in [6.45, 7) is 11.0. The fraction of sp³-hybridized carbons (Fsp3) is 0.765. The molecule has 0 aromatic rings. The molecular formula is C17H28F9GeN3Zr. The molecule has 0 saturated heterocycles. The molecule has 3 N–H and O–H groups in total. The van der Waals surface area contributed by atoms with Crippen LogP contribution >= 0.6 is 0 Å². The van der Waals surface area contributed by atoms with Crippen LogP contribution in [0, 0.1) is 6.08 Å². The quantitative estimate of drug-likeness (QED) is 0.163. The maximum absolute atomic E-state index is 12.6. The van der Waals surface area contributed by atoms with Crippen LogP contribution in [0.2, 0.25) is 0 Å². The van der Waals surface area contributed by atoms with Gasteiger partial charge in [0.25, 0.3) is 0 Å². The molecule has 3 nitrogen and oxygen atoms in total. The zero-order valence-corrected chi connectivity index (χ0v) is 22.6. The van der Waals surface area contributed by atoms with E-state index in [0.29, 0.717) is 0 Å². The van der Waals surface area contributed by atoms with E-state index in [-0.39, 0.29) is 50.4 Å². The van der Waals surface area contributed by atoms with Crippen LogP contribution in [0.15, 0.2) is 16.6 Å². The van der Waals surface area contributed by atoms with Crippen LogP contribution in [-0.4, -0.2) is 46.4 Å². The minimum Gasteiger partial charge on any atom is 4.00 e. The third kappa shape index (κ3) is 14.8. The first-order valence-electron chi connectivity index (χ1n) is 8.66. The molecule has 0 heterocycles. The monoisotopic (exact) mass is 609 g/mol. The Morgan fingerprint density at radius 2 is 0.935 bits per heavy atom. The summed E-state index contributed by atoms with van der Waals surface area (Å²) in [5, 5.41) is -19.1. The standard InChI is InChI=1S/C8H4F9Ge.3C3H8N.Zr/c9-6(10,11)18(7(12,13)14,8(15,16)17)5-3-1-2-4-5;3*1-3(2)4;/h1,3H,2H2;3*3-4H,1-2H3;/q4*-1;+4. The van der Waals surface area contributed by atoms with Gasteiger partial charge >= 0.3 is 123 Å². The molecule has 0 aromatic carbocycles. The molecule has 0 fully saturated rings. The van der Waals surface area contributed by atoms with E-state index >= 15 is 0 Å². The van der Waals surface area contributed by atoms with E-state index in [1.54, 1.807) is 6.08 Å². The molecule has 0 amide bonds. The van der Waals surface area contributed by atoms with Crippen molar-refractivity contribution in [3.63, 3.8) is 0 Å². The largest absolute Gasteiger partial charge is 4.00 e. The SMILES string of the molecule is CC(C)[NH-].CC(C)[NH-].CC(C)[NH-].F[C](F)(F)[Ge]([C]1=[C-]CC=C1)([C](F)(F)F)[C](F)(F)F.[Zr+4]. The molecule has 0 unspecified atom stereocenters. The Kier molecular flexibility index (Phi) is 19.7. The maximum Gasteiger partial charge on any atom is 4.00 e. The van der Waals surface area contributed by atoms with Crippen molar-refractivity contribution in [2.75, 3.05) is 0 Å². The number of hydrogen-bond acceptors (Lipinski definition) is 0. The van der Waals surface area contributed by atoms with Crippen molar-refractivity contribution in [3.05, 3.63) is 39.8 Å². The topological polar surface area (TPSA) is 71.4 Å². The van der Waals surface area contributed by atoms with E-state index in [1.807, 2.05) is 41.5 Å². The molecule has 0 atom stereocenters. The van der Waals surface area contributed by atoms with E-state index in [1.165, 1.54) is 0 Å². The summed E-state index contributed by atoms with van der Waals surface area (Å²) in [7, 11) is 0. The van der Waals surface area contributed by atoms with Crippen LogP contribution in [0.3, 0.4) is 0 Å². The molecule has 0 aliphatic heterocycles. The van der Waals surface area contributed by atoms with Crippen molar-refractivity contribution in [2.45, 2.75) is 81.1 Å². The summed E-state index contributed by atoms with van der Waals surface area (Å²) in [6.07, 6.45) is 2.09. The second-order valence-electron chi connectivity index (χ2n) is 6.90. The second kappa shape index (κ2) is 15.9. The van der Waals surface area contributed by atoms with Gasteiger partial charge in [0.2, 0.25) is 0 Å². The van der Waals surface area contributed by atoms with Gasteiger partial charge in [-0.3, -0.25) is 0 Å². The number of nitrogens with one attached hydrogen (secondary N) is 3. The van der Waals surface area contributed by atoms with Crippen LogP contribution in [0.4, 0.5) is 39.5 Å².